The van der Waals surface area contributed by atoms with E-state index in [-0.39, 0.29) is 17.3 Å². The van der Waals surface area contributed by atoms with E-state index in [1.54, 1.807) is 4.90 Å². The highest BCUT2D eigenvalue weighted by molar-refractivity contribution is 5.89. The van der Waals surface area contributed by atoms with Gasteiger partial charge >= 0.3 is 12.2 Å². The molecule has 0 aliphatic carbocycles. The molecule has 3 nitrogen and oxygen atoms in total. The van der Waals surface area contributed by atoms with E-state index < -0.39 is 11.7 Å². The molecule has 0 radical (unpaired) electrons. The largest absolute Gasteiger partial charge is 0.416 e. The van der Waals surface area contributed by atoms with Gasteiger partial charge in [-0.15, -0.1) is 0 Å². The average molecular weight is 300 g/mol. The second-order valence-electron chi connectivity index (χ2n) is 5.63. The predicted molar refractivity (Wildman–Crippen MR) is 75.2 cm³/mol. The molecule has 21 heavy (non-hydrogen) atoms. The number of piperidine rings is 1. The molecule has 0 bridgehead atoms. The minimum Gasteiger partial charge on any atom is -0.325 e. The van der Waals surface area contributed by atoms with Crippen molar-refractivity contribution in [1.82, 2.24) is 4.90 Å². The van der Waals surface area contributed by atoms with Gasteiger partial charge in [-0.2, -0.15) is 13.2 Å². The Bertz CT molecular complexity index is 520. The monoisotopic (exact) mass is 300 g/mol. The van der Waals surface area contributed by atoms with E-state index in [2.05, 4.69) is 12.2 Å². The van der Waals surface area contributed by atoms with Crippen LogP contribution < -0.4 is 5.32 Å². The van der Waals surface area contributed by atoms with Crippen molar-refractivity contribution in [2.75, 3.05) is 18.4 Å². The Labute approximate surface area is 122 Å². The summed E-state index contributed by atoms with van der Waals surface area (Å²) in [5.74, 6) is 0.588. The number of anilines is 1. The number of rotatable bonds is 1. The van der Waals surface area contributed by atoms with Crippen molar-refractivity contribution >= 4 is 11.7 Å². The molecule has 0 saturated carbocycles. The summed E-state index contributed by atoms with van der Waals surface area (Å²) in [5, 5.41) is 2.55. The molecule has 0 aromatic heterocycles. The highest BCUT2D eigenvalue weighted by Crippen LogP contribution is 2.33. The van der Waals surface area contributed by atoms with Crippen LogP contribution in [-0.4, -0.2) is 24.0 Å². The van der Waals surface area contributed by atoms with Gasteiger partial charge in [0.25, 0.3) is 0 Å². The van der Waals surface area contributed by atoms with Gasteiger partial charge in [0.05, 0.1) is 5.56 Å². The molecular formula is C15H19F3N2O. The molecule has 1 fully saturated rings. The Morgan fingerprint density at radius 1 is 1.29 bits per heavy atom. The first-order valence-corrected chi connectivity index (χ1v) is 7.01. The van der Waals surface area contributed by atoms with Gasteiger partial charge in [-0.1, -0.05) is 13.0 Å². The van der Waals surface area contributed by atoms with E-state index in [0.717, 1.165) is 18.9 Å². The fraction of sp³-hybridized carbons (Fsp3) is 0.533. The zero-order valence-corrected chi connectivity index (χ0v) is 12.1. The number of benzene rings is 1. The number of aryl methyl sites for hydroxylation is 1. The van der Waals surface area contributed by atoms with Crippen molar-refractivity contribution in [2.45, 2.75) is 32.9 Å². The maximum Gasteiger partial charge on any atom is 0.416 e. The topological polar surface area (TPSA) is 32.3 Å². The lowest BCUT2D eigenvalue weighted by molar-refractivity contribution is -0.138. The molecule has 1 heterocycles. The maximum atomic E-state index is 12.8. The van der Waals surface area contributed by atoms with E-state index in [4.69, 9.17) is 0 Å². The lowest BCUT2D eigenvalue weighted by atomic mass is 10.00. The molecule has 1 aliphatic rings. The zero-order chi connectivity index (χ0) is 15.6. The molecule has 0 spiro atoms. The number of amides is 2. The summed E-state index contributed by atoms with van der Waals surface area (Å²) in [6.07, 6.45) is -2.56. The molecule has 1 aliphatic heterocycles. The van der Waals surface area contributed by atoms with Crippen LogP contribution in [0.5, 0.6) is 0 Å². The van der Waals surface area contributed by atoms with Gasteiger partial charge in [0.1, 0.15) is 0 Å². The molecule has 116 valence electrons. The number of nitrogens with zero attached hydrogens (tertiary/aromatic N) is 1. The van der Waals surface area contributed by atoms with Crippen LogP contribution in [0.4, 0.5) is 23.7 Å². The molecule has 2 amide bonds. The summed E-state index contributed by atoms with van der Waals surface area (Å²) >= 11 is 0. The van der Waals surface area contributed by atoms with Crippen molar-refractivity contribution in [1.29, 1.82) is 0 Å². The predicted octanol–water partition coefficient (Wildman–Crippen LogP) is 4.28. The van der Waals surface area contributed by atoms with Crippen molar-refractivity contribution in [3.05, 3.63) is 29.3 Å². The average Bonchev–Trinajstić information content (AvgIpc) is 2.40. The number of likely N-dealkylation sites (tertiary alicyclic amines) is 1. The molecule has 6 heteroatoms. The Hall–Kier alpha value is -1.72. The number of urea groups is 1. The molecule has 1 aromatic rings. The second-order valence-corrected chi connectivity index (χ2v) is 5.63. The normalized spacial score (nSPS) is 16.9. The summed E-state index contributed by atoms with van der Waals surface area (Å²) in [5.41, 5.74) is -0.392. The number of carbonyl (C=O) groups excluding carboxylic acids is 1. The third-order valence-electron chi connectivity index (χ3n) is 3.87. The first-order chi connectivity index (χ1) is 9.77. The number of carbonyl (C=O) groups is 1. The Kier molecular flexibility index (Phi) is 4.44. The van der Waals surface area contributed by atoms with Crippen LogP contribution in [0.2, 0.25) is 0 Å². The highest BCUT2D eigenvalue weighted by atomic mass is 19.4. The van der Waals surface area contributed by atoms with E-state index in [1.165, 1.54) is 19.1 Å². The van der Waals surface area contributed by atoms with Crippen LogP contribution in [0.3, 0.4) is 0 Å². The Balaban J connectivity index is 2.08. The molecule has 1 N–H and O–H groups in total. The zero-order valence-electron chi connectivity index (χ0n) is 12.1. The Morgan fingerprint density at radius 2 is 1.90 bits per heavy atom. The fourth-order valence-electron chi connectivity index (χ4n) is 2.42. The summed E-state index contributed by atoms with van der Waals surface area (Å²) in [4.78, 5) is 13.7. The highest BCUT2D eigenvalue weighted by Gasteiger charge is 2.32. The van der Waals surface area contributed by atoms with Gasteiger partial charge in [0.15, 0.2) is 0 Å². The summed E-state index contributed by atoms with van der Waals surface area (Å²) < 4.78 is 38.5. The van der Waals surface area contributed by atoms with Crippen molar-refractivity contribution in [3.8, 4) is 0 Å². The van der Waals surface area contributed by atoms with Gasteiger partial charge in [-0.25, -0.2) is 4.79 Å². The molecule has 0 unspecified atom stereocenters. The van der Waals surface area contributed by atoms with Crippen molar-refractivity contribution in [2.24, 2.45) is 5.92 Å². The first kappa shape index (κ1) is 15.7. The standard InChI is InChI=1S/C15H19F3N2O/c1-10-5-7-20(8-6-10)14(21)19-12-4-3-11(2)13(9-12)15(16,17)18/h3-4,9-10H,5-8H2,1-2H3,(H,19,21). The van der Waals surface area contributed by atoms with Crippen LogP contribution in [-0.2, 0) is 6.18 Å². The van der Waals surface area contributed by atoms with Gasteiger partial charge in [0.2, 0.25) is 0 Å². The smallest absolute Gasteiger partial charge is 0.325 e. The molecule has 1 saturated heterocycles. The number of nitrogens with one attached hydrogen (secondary N) is 1. The molecule has 2 rings (SSSR count). The minimum atomic E-state index is -4.41. The maximum absolute atomic E-state index is 12.8. The van der Waals surface area contributed by atoms with Crippen molar-refractivity contribution < 1.29 is 18.0 Å². The number of alkyl halides is 3. The second kappa shape index (κ2) is 5.95. The first-order valence-electron chi connectivity index (χ1n) is 7.01. The number of hydrogen-bond acceptors (Lipinski definition) is 1. The van der Waals surface area contributed by atoms with E-state index in [9.17, 15) is 18.0 Å². The lowest BCUT2D eigenvalue weighted by Crippen LogP contribution is -2.40. The van der Waals surface area contributed by atoms with Gasteiger partial charge in [-0.3, -0.25) is 0 Å². The van der Waals surface area contributed by atoms with E-state index >= 15 is 0 Å². The van der Waals surface area contributed by atoms with Crippen LogP contribution >= 0.6 is 0 Å². The summed E-state index contributed by atoms with van der Waals surface area (Å²) in [7, 11) is 0. The Morgan fingerprint density at radius 3 is 2.48 bits per heavy atom. The van der Waals surface area contributed by atoms with Crippen LogP contribution in [0.1, 0.15) is 30.9 Å². The summed E-state index contributed by atoms with van der Waals surface area (Å²) in [6.45, 7) is 4.82. The van der Waals surface area contributed by atoms with Crippen LogP contribution in [0.15, 0.2) is 18.2 Å². The molecule has 0 atom stereocenters. The fourth-order valence-corrected chi connectivity index (χ4v) is 2.42. The summed E-state index contributed by atoms with van der Waals surface area (Å²) in [6, 6.07) is 3.52. The van der Waals surface area contributed by atoms with Gasteiger partial charge < -0.3 is 10.2 Å². The van der Waals surface area contributed by atoms with Crippen molar-refractivity contribution in [3.63, 3.8) is 0 Å². The van der Waals surface area contributed by atoms with E-state index in [1.807, 2.05) is 0 Å². The quantitative estimate of drug-likeness (QED) is 0.825. The van der Waals surface area contributed by atoms with Gasteiger partial charge in [0, 0.05) is 18.8 Å². The van der Waals surface area contributed by atoms with Gasteiger partial charge in [-0.05, 0) is 43.4 Å². The van der Waals surface area contributed by atoms with E-state index in [0.29, 0.717) is 19.0 Å². The third-order valence-corrected chi connectivity index (χ3v) is 3.87. The number of halogens is 3. The lowest BCUT2D eigenvalue weighted by Gasteiger charge is -2.30. The number of hydrogen-bond donors (Lipinski definition) is 1. The molecule has 1 aromatic carbocycles. The molecular weight excluding hydrogens is 281 g/mol. The van der Waals surface area contributed by atoms with Crippen LogP contribution in [0, 0.1) is 12.8 Å². The minimum absolute atomic E-state index is 0.146. The van der Waals surface area contributed by atoms with Crippen LogP contribution in [0.25, 0.3) is 0 Å². The third kappa shape index (κ3) is 3.89. The SMILES string of the molecule is Cc1ccc(NC(=O)N2CCC(C)CC2)cc1C(F)(F)F.